The van der Waals surface area contributed by atoms with Crippen LogP contribution in [0, 0.1) is 5.92 Å². The minimum absolute atomic E-state index is 0.0722. The van der Waals surface area contributed by atoms with Gasteiger partial charge in [0.25, 0.3) is 0 Å². The molecule has 3 rings (SSSR count). The SMILES string of the molecule is CN1C[C@@H](C(=O)NC2CCCC2)[C@H](c2ccncc2)C1. The van der Waals surface area contributed by atoms with Gasteiger partial charge in [0.1, 0.15) is 0 Å². The van der Waals surface area contributed by atoms with Gasteiger partial charge in [0.2, 0.25) is 5.91 Å². The van der Waals surface area contributed by atoms with Crippen LogP contribution in [0.5, 0.6) is 0 Å². The molecule has 1 aromatic heterocycles. The lowest BCUT2D eigenvalue weighted by Gasteiger charge is -2.21. The summed E-state index contributed by atoms with van der Waals surface area (Å²) in [4.78, 5) is 18.9. The van der Waals surface area contributed by atoms with Gasteiger partial charge in [0, 0.05) is 37.4 Å². The number of nitrogens with zero attached hydrogens (tertiary/aromatic N) is 2. The number of carbonyl (C=O) groups excluding carboxylic acids is 1. The fraction of sp³-hybridized carbons (Fsp3) is 0.625. The van der Waals surface area contributed by atoms with E-state index in [0.29, 0.717) is 12.0 Å². The Kier molecular flexibility index (Phi) is 4.01. The molecule has 2 fully saturated rings. The Labute approximate surface area is 120 Å². The van der Waals surface area contributed by atoms with Crippen molar-refractivity contribution in [2.45, 2.75) is 37.6 Å². The highest BCUT2D eigenvalue weighted by molar-refractivity contribution is 5.80. The molecule has 4 nitrogen and oxygen atoms in total. The number of hydrogen-bond donors (Lipinski definition) is 1. The molecule has 1 aliphatic heterocycles. The number of likely N-dealkylation sites (tertiary alicyclic amines) is 1. The number of hydrogen-bond acceptors (Lipinski definition) is 3. The second-order valence-electron chi connectivity index (χ2n) is 6.20. The number of pyridine rings is 1. The molecule has 0 radical (unpaired) electrons. The lowest BCUT2D eigenvalue weighted by atomic mass is 9.88. The first-order valence-electron chi connectivity index (χ1n) is 7.63. The molecular weight excluding hydrogens is 250 g/mol. The van der Waals surface area contributed by atoms with E-state index in [1.807, 2.05) is 24.5 Å². The van der Waals surface area contributed by atoms with Crippen molar-refractivity contribution in [1.82, 2.24) is 15.2 Å². The Hall–Kier alpha value is -1.42. The molecule has 0 spiro atoms. The van der Waals surface area contributed by atoms with Crippen LogP contribution in [0.1, 0.15) is 37.2 Å². The van der Waals surface area contributed by atoms with E-state index in [4.69, 9.17) is 0 Å². The summed E-state index contributed by atoms with van der Waals surface area (Å²) in [6.07, 6.45) is 8.44. The van der Waals surface area contributed by atoms with Gasteiger partial charge in [-0.25, -0.2) is 0 Å². The van der Waals surface area contributed by atoms with Crippen LogP contribution in [0.2, 0.25) is 0 Å². The standard InChI is InChI=1S/C16H23N3O/c1-19-10-14(12-6-8-17-9-7-12)15(11-19)16(20)18-13-4-2-3-5-13/h6-9,13-15H,2-5,10-11H2,1H3,(H,18,20)/t14-,15+/m0/s1. The van der Waals surface area contributed by atoms with Crippen LogP contribution < -0.4 is 5.32 Å². The zero-order chi connectivity index (χ0) is 13.9. The minimum atomic E-state index is 0.0722. The van der Waals surface area contributed by atoms with E-state index >= 15 is 0 Å². The van der Waals surface area contributed by atoms with Gasteiger partial charge in [0.05, 0.1) is 5.92 Å². The molecule has 0 aromatic carbocycles. The van der Waals surface area contributed by atoms with Gasteiger partial charge < -0.3 is 10.2 Å². The molecule has 1 aliphatic carbocycles. The van der Waals surface area contributed by atoms with Gasteiger partial charge in [-0.1, -0.05) is 12.8 Å². The van der Waals surface area contributed by atoms with Gasteiger partial charge in [-0.3, -0.25) is 9.78 Å². The molecule has 20 heavy (non-hydrogen) atoms. The number of carbonyl (C=O) groups is 1. The molecule has 108 valence electrons. The Bertz CT molecular complexity index is 456. The quantitative estimate of drug-likeness (QED) is 0.913. The lowest BCUT2D eigenvalue weighted by molar-refractivity contribution is -0.125. The van der Waals surface area contributed by atoms with Crippen LogP contribution in [0.25, 0.3) is 0 Å². The van der Waals surface area contributed by atoms with Gasteiger partial charge in [0.15, 0.2) is 0 Å². The van der Waals surface area contributed by atoms with Crippen molar-refractivity contribution >= 4 is 5.91 Å². The average molecular weight is 273 g/mol. The molecule has 4 heteroatoms. The molecule has 1 N–H and O–H groups in total. The van der Waals surface area contributed by atoms with Crippen molar-refractivity contribution in [3.8, 4) is 0 Å². The first-order valence-corrected chi connectivity index (χ1v) is 7.63. The van der Waals surface area contributed by atoms with Crippen LogP contribution >= 0.6 is 0 Å². The van der Waals surface area contributed by atoms with Crippen LogP contribution in [-0.4, -0.2) is 42.0 Å². The summed E-state index contributed by atoms with van der Waals surface area (Å²) in [6.45, 7) is 1.80. The fourth-order valence-electron chi connectivity index (χ4n) is 3.59. The number of aromatic nitrogens is 1. The summed E-state index contributed by atoms with van der Waals surface area (Å²) in [5, 5.41) is 3.26. The number of rotatable bonds is 3. The topological polar surface area (TPSA) is 45.2 Å². The summed E-state index contributed by atoms with van der Waals surface area (Å²) >= 11 is 0. The summed E-state index contributed by atoms with van der Waals surface area (Å²) in [5.41, 5.74) is 1.23. The third-order valence-electron chi connectivity index (χ3n) is 4.68. The maximum absolute atomic E-state index is 12.6. The monoisotopic (exact) mass is 273 g/mol. The van der Waals surface area contributed by atoms with Crippen LogP contribution in [0.4, 0.5) is 0 Å². The molecule has 2 aliphatic rings. The fourth-order valence-corrected chi connectivity index (χ4v) is 3.59. The third kappa shape index (κ3) is 2.85. The summed E-state index contributed by atoms with van der Waals surface area (Å²) < 4.78 is 0. The van der Waals surface area contributed by atoms with Crippen molar-refractivity contribution in [3.05, 3.63) is 30.1 Å². The normalized spacial score (nSPS) is 27.9. The number of likely N-dealkylation sites (N-methyl/N-ethyl adjacent to an activating group) is 1. The largest absolute Gasteiger partial charge is 0.353 e. The van der Waals surface area contributed by atoms with Gasteiger partial charge in [-0.2, -0.15) is 0 Å². The number of nitrogens with one attached hydrogen (secondary N) is 1. The van der Waals surface area contributed by atoms with E-state index in [1.165, 1.54) is 18.4 Å². The van der Waals surface area contributed by atoms with Gasteiger partial charge >= 0.3 is 0 Å². The molecule has 1 saturated heterocycles. The van der Waals surface area contributed by atoms with E-state index in [9.17, 15) is 4.79 Å². The zero-order valence-electron chi connectivity index (χ0n) is 12.1. The molecular formula is C16H23N3O. The Morgan fingerprint density at radius 1 is 1.25 bits per heavy atom. The maximum Gasteiger partial charge on any atom is 0.225 e. The van der Waals surface area contributed by atoms with E-state index in [0.717, 1.165) is 25.9 Å². The second-order valence-corrected chi connectivity index (χ2v) is 6.20. The van der Waals surface area contributed by atoms with Gasteiger partial charge in [-0.15, -0.1) is 0 Å². The van der Waals surface area contributed by atoms with E-state index < -0.39 is 0 Å². The van der Waals surface area contributed by atoms with E-state index in [1.54, 1.807) is 0 Å². The van der Waals surface area contributed by atoms with Crippen LogP contribution in [0.15, 0.2) is 24.5 Å². The molecule has 2 heterocycles. The van der Waals surface area contributed by atoms with E-state index in [2.05, 4.69) is 22.2 Å². The van der Waals surface area contributed by atoms with E-state index in [-0.39, 0.29) is 11.8 Å². The van der Waals surface area contributed by atoms with Crippen molar-refractivity contribution < 1.29 is 4.79 Å². The smallest absolute Gasteiger partial charge is 0.225 e. The lowest BCUT2D eigenvalue weighted by Crippen LogP contribution is -2.39. The highest BCUT2D eigenvalue weighted by Crippen LogP contribution is 2.32. The number of amides is 1. The summed E-state index contributed by atoms with van der Waals surface area (Å²) in [7, 11) is 2.09. The summed E-state index contributed by atoms with van der Waals surface area (Å²) in [5.74, 6) is 0.607. The molecule has 0 unspecified atom stereocenters. The van der Waals surface area contributed by atoms with Crippen molar-refractivity contribution in [2.75, 3.05) is 20.1 Å². The second kappa shape index (κ2) is 5.92. The van der Waals surface area contributed by atoms with Crippen molar-refractivity contribution in [2.24, 2.45) is 5.92 Å². The first kappa shape index (κ1) is 13.6. The minimum Gasteiger partial charge on any atom is -0.353 e. The maximum atomic E-state index is 12.6. The van der Waals surface area contributed by atoms with Gasteiger partial charge in [-0.05, 0) is 37.6 Å². The first-order chi connectivity index (χ1) is 9.74. The molecule has 1 saturated carbocycles. The average Bonchev–Trinajstić information content (AvgIpc) is 3.09. The Morgan fingerprint density at radius 3 is 2.65 bits per heavy atom. The predicted octanol–water partition coefficient (Wildman–Crippen LogP) is 1.79. The zero-order valence-corrected chi connectivity index (χ0v) is 12.1. The predicted molar refractivity (Wildman–Crippen MR) is 78.4 cm³/mol. The third-order valence-corrected chi connectivity index (χ3v) is 4.68. The molecule has 0 bridgehead atoms. The van der Waals surface area contributed by atoms with Crippen LogP contribution in [-0.2, 0) is 4.79 Å². The summed E-state index contributed by atoms with van der Waals surface area (Å²) in [6, 6.07) is 4.49. The molecule has 2 atom stereocenters. The highest BCUT2D eigenvalue weighted by atomic mass is 16.2. The Morgan fingerprint density at radius 2 is 1.95 bits per heavy atom. The van der Waals surface area contributed by atoms with Crippen molar-refractivity contribution in [3.63, 3.8) is 0 Å². The van der Waals surface area contributed by atoms with Crippen molar-refractivity contribution in [1.29, 1.82) is 0 Å². The Balaban J connectivity index is 1.71. The molecule has 1 aromatic rings. The highest BCUT2D eigenvalue weighted by Gasteiger charge is 2.37. The molecule has 1 amide bonds. The van der Waals surface area contributed by atoms with Crippen LogP contribution in [0.3, 0.4) is 0 Å².